The molecule has 6 heteroatoms. The Kier molecular flexibility index (Phi) is 6.18. The first-order valence-corrected chi connectivity index (χ1v) is 8.27. The summed E-state index contributed by atoms with van der Waals surface area (Å²) in [7, 11) is 5.80. The Balaban J connectivity index is 1.88. The van der Waals surface area contributed by atoms with Gasteiger partial charge in [0.25, 0.3) is 0 Å². The Morgan fingerprint density at radius 2 is 2.00 bits per heavy atom. The van der Waals surface area contributed by atoms with Gasteiger partial charge in [0.15, 0.2) is 5.11 Å². The highest BCUT2D eigenvalue weighted by Crippen LogP contribution is 2.22. The molecule has 4 nitrogen and oxygen atoms in total. The molecule has 0 spiro atoms. The minimum atomic E-state index is 0.301. The van der Waals surface area contributed by atoms with E-state index in [4.69, 9.17) is 17.0 Å². The van der Waals surface area contributed by atoms with Crippen LogP contribution in [0.5, 0.6) is 5.75 Å². The van der Waals surface area contributed by atoms with Crippen LogP contribution in [0.4, 0.5) is 5.69 Å². The monoisotopic (exact) mass is 335 g/mol. The van der Waals surface area contributed by atoms with Crippen LogP contribution in [-0.2, 0) is 0 Å². The average Bonchev–Trinajstić information content (AvgIpc) is 3.02. The zero-order valence-corrected chi connectivity index (χ0v) is 14.6. The molecule has 0 bridgehead atoms. The number of methoxy groups -OCH3 is 1. The molecule has 2 aromatic rings. The van der Waals surface area contributed by atoms with E-state index in [2.05, 4.69) is 47.1 Å². The molecule has 118 valence electrons. The topological polar surface area (TPSA) is 36.5 Å². The molecule has 0 amide bonds. The summed E-state index contributed by atoms with van der Waals surface area (Å²) in [5, 5.41) is 9.18. The van der Waals surface area contributed by atoms with Gasteiger partial charge in [-0.2, -0.15) is 0 Å². The quantitative estimate of drug-likeness (QED) is 0.792. The lowest BCUT2D eigenvalue weighted by Crippen LogP contribution is -2.36. The number of thiocarbonyl (C=S) groups is 1. The summed E-state index contributed by atoms with van der Waals surface area (Å²) in [6.07, 6.45) is 0. The van der Waals surface area contributed by atoms with Gasteiger partial charge >= 0.3 is 0 Å². The third kappa shape index (κ3) is 4.69. The van der Waals surface area contributed by atoms with Crippen molar-refractivity contribution in [1.29, 1.82) is 0 Å². The van der Waals surface area contributed by atoms with E-state index in [1.54, 1.807) is 18.4 Å². The summed E-state index contributed by atoms with van der Waals surface area (Å²) in [5.74, 6) is 0.829. The summed E-state index contributed by atoms with van der Waals surface area (Å²) in [6, 6.07) is 12.2. The van der Waals surface area contributed by atoms with Gasteiger partial charge in [0, 0.05) is 17.1 Å². The minimum absolute atomic E-state index is 0.301. The van der Waals surface area contributed by atoms with Crippen molar-refractivity contribution in [2.45, 2.75) is 6.04 Å². The van der Waals surface area contributed by atoms with E-state index in [0.717, 1.165) is 18.0 Å². The van der Waals surface area contributed by atoms with Crippen molar-refractivity contribution in [3.8, 4) is 5.75 Å². The molecule has 1 aromatic heterocycles. The lowest BCUT2D eigenvalue weighted by atomic mass is 10.2. The molecular formula is C16H21N3OS2. The summed E-state index contributed by atoms with van der Waals surface area (Å²) in [6.45, 7) is 0.759. The molecular weight excluding hydrogens is 314 g/mol. The molecule has 1 atom stereocenters. The number of rotatable bonds is 6. The van der Waals surface area contributed by atoms with Gasteiger partial charge in [-0.05, 0) is 62.0 Å². The van der Waals surface area contributed by atoms with E-state index in [9.17, 15) is 0 Å². The molecule has 2 N–H and O–H groups in total. The fourth-order valence-electron chi connectivity index (χ4n) is 2.06. The Morgan fingerprint density at radius 1 is 1.27 bits per heavy atom. The zero-order valence-electron chi connectivity index (χ0n) is 13.0. The van der Waals surface area contributed by atoms with E-state index < -0.39 is 0 Å². The molecule has 2 rings (SSSR count). The van der Waals surface area contributed by atoms with E-state index in [1.165, 1.54) is 4.88 Å². The van der Waals surface area contributed by atoms with E-state index in [1.807, 2.05) is 24.3 Å². The Bertz CT molecular complexity index is 582. The number of hydrogen-bond acceptors (Lipinski definition) is 4. The van der Waals surface area contributed by atoms with Crippen LogP contribution in [0.3, 0.4) is 0 Å². The number of thiophene rings is 1. The van der Waals surface area contributed by atoms with Crippen molar-refractivity contribution in [2.24, 2.45) is 0 Å². The zero-order chi connectivity index (χ0) is 15.9. The second-order valence-corrected chi connectivity index (χ2v) is 6.45. The first kappa shape index (κ1) is 16.7. The van der Waals surface area contributed by atoms with Crippen molar-refractivity contribution in [2.75, 3.05) is 33.1 Å². The van der Waals surface area contributed by atoms with Crippen molar-refractivity contribution < 1.29 is 4.74 Å². The van der Waals surface area contributed by atoms with Crippen molar-refractivity contribution in [3.63, 3.8) is 0 Å². The first-order valence-electron chi connectivity index (χ1n) is 6.99. The van der Waals surface area contributed by atoms with Gasteiger partial charge in [-0.3, -0.25) is 0 Å². The molecule has 1 unspecified atom stereocenters. The van der Waals surface area contributed by atoms with Gasteiger partial charge in [0.2, 0.25) is 0 Å². The van der Waals surface area contributed by atoms with E-state index >= 15 is 0 Å². The van der Waals surface area contributed by atoms with Crippen LogP contribution >= 0.6 is 23.6 Å². The van der Waals surface area contributed by atoms with Crippen LogP contribution in [-0.4, -0.2) is 37.8 Å². The second kappa shape index (κ2) is 8.12. The molecule has 0 saturated carbocycles. The Labute approximate surface area is 141 Å². The smallest absolute Gasteiger partial charge is 0.170 e. The summed E-state index contributed by atoms with van der Waals surface area (Å²) < 4.78 is 5.14. The largest absolute Gasteiger partial charge is 0.497 e. The Morgan fingerprint density at radius 3 is 2.55 bits per heavy atom. The molecule has 22 heavy (non-hydrogen) atoms. The maximum atomic E-state index is 5.36. The van der Waals surface area contributed by atoms with Gasteiger partial charge in [-0.25, -0.2) is 0 Å². The van der Waals surface area contributed by atoms with Crippen LogP contribution in [0.1, 0.15) is 10.9 Å². The molecule has 0 radical (unpaired) electrons. The van der Waals surface area contributed by atoms with Crippen LogP contribution in [0.25, 0.3) is 0 Å². The molecule has 0 aliphatic carbocycles. The lowest BCUT2D eigenvalue weighted by molar-refractivity contribution is 0.303. The van der Waals surface area contributed by atoms with Gasteiger partial charge in [0.05, 0.1) is 13.2 Å². The maximum absolute atomic E-state index is 5.36. The van der Waals surface area contributed by atoms with E-state index in [0.29, 0.717) is 11.2 Å². The van der Waals surface area contributed by atoms with E-state index in [-0.39, 0.29) is 0 Å². The number of anilines is 1. The first-order chi connectivity index (χ1) is 10.6. The summed E-state index contributed by atoms with van der Waals surface area (Å²) >= 11 is 7.12. The predicted molar refractivity (Wildman–Crippen MR) is 98.0 cm³/mol. The van der Waals surface area contributed by atoms with Crippen LogP contribution in [0.15, 0.2) is 41.8 Å². The van der Waals surface area contributed by atoms with Crippen molar-refractivity contribution in [3.05, 3.63) is 46.7 Å². The number of nitrogens with one attached hydrogen (secondary N) is 2. The van der Waals surface area contributed by atoms with Gasteiger partial charge in [-0.1, -0.05) is 6.07 Å². The SMILES string of the molecule is COc1ccc(NC(=S)NCC(c2cccs2)N(C)C)cc1. The standard InChI is InChI=1S/C16H21N3OS2/c1-19(2)14(15-5-4-10-22-15)11-17-16(21)18-12-6-8-13(20-3)9-7-12/h4-10,14H,11H2,1-3H3,(H2,17,18,21). The van der Waals surface area contributed by atoms with Crippen molar-refractivity contribution >= 4 is 34.4 Å². The normalized spacial score (nSPS) is 12.0. The summed E-state index contributed by atoms with van der Waals surface area (Å²) in [5.41, 5.74) is 0.941. The molecule has 0 saturated heterocycles. The third-order valence-corrected chi connectivity index (χ3v) is 4.52. The fraction of sp³-hybridized carbons (Fsp3) is 0.312. The highest BCUT2D eigenvalue weighted by atomic mass is 32.1. The fourth-order valence-corrected chi connectivity index (χ4v) is 3.18. The van der Waals surface area contributed by atoms with Crippen LogP contribution < -0.4 is 15.4 Å². The number of benzene rings is 1. The number of likely N-dealkylation sites (N-methyl/N-ethyl adjacent to an activating group) is 1. The number of hydrogen-bond donors (Lipinski definition) is 2. The highest BCUT2D eigenvalue weighted by Gasteiger charge is 2.15. The molecule has 1 heterocycles. The lowest BCUT2D eigenvalue weighted by Gasteiger charge is -2.24. The molecule has 0 aliphatic heterocycles. The van der Waals surface area contributed by atoms with Crippen LogP contribution in [0.2, 0.25) is 0 Å². The number of nitrogens with zero attached hydrogens (tertiary/aromatic N) is 1. The van der Waals surface area contributed by atoms with Gasteiger partial charge < -0.3 is 20.3 Å². The minimum Gasteiger partial charge on any atom is -0.497 e. The van der Waals surface area contributed by atoms with Gasteiger partial charge in [-0.15, -0.1) is 11.3 Å². The van der Waals surface area contributed by atoms with Gasteiger partial charge in [0.1, 0.15) is 5.75 Å². The molecule has 0 fully saturated rings. The highest BCUT2D eigenvalue weighted by molar-refractivity contribution is 7.80. The number of ether oxygens (including phenoxy) is 1. The Hall–Kier alpha value is -1.63. The third-order valence-electron chi connectivity index (χ3n) is 3.30. The molecule has 0 aliphatic rings. The second-order valence-electron chi connectivity index (χ2n) is 5.06. The van der Waals surface area contributed by atoms with Crippen LogP contribution in [0, 0.1) is 0 Å². The average molecular weight is 335 g/mol. The predicted octanol–water partition coefficient (Wildman–Crippen LogP) is 3.35. The maximum Gasteiger partial charge on any atom is 0.170 e. The molecule has 1 aromatic carbocycles. The summed E-state index contributed by atoms with van der Waals surface area (Å²) in [4.78, 5) is 3.51. The van der Waals surface area contributed by atoms with Crippen molar-refractivity contribution in [1.82, 2.24) is 10.2 Å².